The summed E-state index contributed by atoms with van der Waals surface area (Å²) in [6.45, 7) is 3.50. The first-order valence-corrected chi connectivity index (χ1v) is 8.28. The van der Waals surface area contributed by atoms with Crippen molar-refractivity contribution in [1.29, 1.82) is 0 Å². The van der Waals surface area contributed by atoms with Gasteiger partial charge in [0.1, 0.15) is 0 Å². The van der Waals surface area contributed by atoms with Gasteiger partial charge in [0.15, 0.2) is 11.6 Å². The van der Waals surface area contributed by atoms with Crippen LogP contribution in [0.3, 0.4) is 0 Å². The van der Waals surface area contributed by atoms with Crippen LogP contribution in [0.1, 0.15) is 44.6 Å². The Hall–Kier alpha value is -1.68. The summed E-state index contributed by atoms with van der Waals surface area (Å²) in [7, 11) is 0. The summed E-state index contributed by atoms with van der Waals surface area (Å²) in [6.07, 6.45) is 2.31. The predicted octanol–water partition coefficient (Wildman–Crippen LogP) is 4.01. The number of benzene rings is 1. The Bertz CT molecular complexity index is 713. The predicted molar refractivity (Wildman–Crippen MR) is 89.3 cm³/mol. The number of rotatable bonds is 2. The van der Waals surface area contributed by atoms with Gasteiger partial charge in [-0.25, -0.2) is 0 Å². The summed E-state index contributed by atoms with van der Waals surface area (Å²) in [5, 5.41) is 3.30. The lowest BCUT2D eigenvalue weighted by molar-refractivity contribution is -0.116. The van der Waals surface area contributed by atoms with E-state index in [0.29, 0.717) is 12.0 Å². The van der Waals surface area contributed by atoms with Crippen LogP contribution < -0.4 is 5.32 Å². The van der Waals surface area contributed by atoms with Crippen molar-refractivity contribution in [3.63, 3.8) is 0 Å². The number of halogens is 1. The van der Waals surface area contributed by atoms with Crippen LogP contribution >= 0.6 is 15.9 Å². The van der Waals surface area contributed by atoms with E-state index in [1.807, 2.05) is 31.2 Å². The Morgan fingerprint density at radius 3 is 2.55 bits per heavy atom. The van der Waals surface area contributed by atoms with Crippen LogP contribution in [-0.4, -0.2) is 11.6 Å². The van der Waals surface area contributed by atoms with Crippen LogP contribution in [0.25, 0.3) is 0 Å². The van der Waals surface area contributed by atoms with Crippen molar-refractivity contribution in [3.8, 4) is 0 Å². The van der Waals surface area contributed by atoms with E-state index in [0.717, 1.165) is 39.8 Å². The van der Waals surface area contributed by atoms with Gasteiger partial charge in [0.2, 0.25) is 0 Å². The van der Waals surface area contributed by atoms with Crippen LogP contribution in [0.15, 0.2) is 51.3 Å². The fourth-order valence-electron chi connectivity index (χ4n) is 3.44. The molecule has 1 atom stereocenters. The molecule has 0 radical (unpaired) electrons. The molecule has 1 aliphatic carbocycles. The summed E-state index contributed by atoms with van der Waals surface area (Å²) in [6, 6.07) is 7.89. The van der Waals surface area contributed by atoms with E-state index in [9.17, 15) is 9.59 Å². The number of hydrogen-bond donors (Lipinski definition) is 1. The van der Waals surface area contributed by atoms with Crippen LogP contribution in [0.2, 0.25) is 0 Å². The second-order valence-electron chi connectivity index (χ2n) is 5.87. The van der Waals surface area contributed by atoms with Crippen molar-refractivity contribution in [3.05, 3.63) is 56.8 Å². The van der Waals surface area contributed by atoms with Gasteiger partial charge in [0.05, 0.1) is 0 Å². The third-order valence-corrected chi connectivity index (χ3v) is 4.89. The number of dihydropyridines is 1. The fraction of sp³-hybridized carbons (Fsp3) is 0.333. The van der Waals surface area contributed by atoms with Gasteiger partial charge in [-0.05, 0) is 44.4 Å². The smallest absolute Gasteiger partial charge is 0.161 e. The quantitative estimate of drug-likeness (QED) is 0.867. The number of ketones is 2. The van der Waals surface area contributed by atoms with E-state index >= 15 is 0 Å². The third kappa shape index (κ3) is 2.56. The standard InChI is InChI=1S/C18H18BrNO2/c1-10-16(11(2)21)17(12-6-8-13(19)9-7-12)18-14(20-10)4-3-5-15(18)22/h6-9,17,20H,3-5H2,1-2H3. The summed E-state index contributed by atoms with van der Waals surface area (Å²) in [5.41, 5.74) is 4.35. The van der Waals surface area contributed by atoms with Gasteiger partial charge in [0.25, 0.3) is 0 Å². The number of Topliss-reactive ketones (excluding diaryl/α,β-unsaturated/α-hetero) is 2. The Kier molecular flexibility index (Phi) is 4.04. The zero-order valence-electron chi connectivity index (χ0n) is 12.7. The molecule has 0 amide bonds. The van der Waals surface area contributed by atoms with Gasteiger partial charge in [-0.3, -0.25) is 9.59 Å². The lowest BCUT2D eigenvalue weighted by Crippen LogP contribution is -2.33. The third-order valence-electron chi connectivity index (χ3n) is 4.36. The molecule has 1 aromatic rings. The molecule has 0 fully saturated rings. The number of carbonyl (C=O) groups is 2. The van der Waals surface area contributed by atoms with E-state index in [-0.39, 0.29) is 17.5 Å². The van der Waals surface area contributed by atoms with Crippen molar-refractivity contribution in [2.45, 2.75) is 39.0 Å². The van der Waals surface area contributed by atoms with Gasteiger partial charge in [-0.15, -0.1) is 0 Å². The SMILES string of the molecule is CC(=O)C1=C(C)NC2=C(C(=O)CCC2)C1c1ccc(Br)cc1. The molecule has 1 N–H and O–H groups in total. The van der Waals surface area contributed by atoms with E-state index in [1.165, 1.54) is 0 Å². The van der Waals surface area contributed by atoms with Crippen LogP contribution in [0.5, 0.6) is 0 Å². The van der Waals surface area contributed by atoms with Crippen LogP contribution in [0, 0.1) is 0 Å². The van der Waals surface area contributed by atoms with Crippen molar-refractivity contribution in [2.75, 3.05) is 0 Å². The molecule has 2 aliphatic rings. The largest absolute Gasteiger partial charge is 0.362 e. The lowest BCUT2D eigenvalue weighted by Gasteiger charge is -2.34. The molecular formula is C18H18BrNO2. The van der Waals surface area contributed by atoms with E-state index in [4.69, 9.17) is 0 Å². The monoisotopic (exact) mass is 359 g/mol. The highest BCUT2D eigenvalue weighted by Gasteiger charge is 2.36. The summed E-state index contributed by atoms with van der Waals surface area (Å²) < 4.78 is 0.986. The maximum Gasteiger partial charge on any atom is 0.161 e. The van der Waals surface area contributed by atoms with Crippen molar-refractivity contribution < 1.29 is 9.59 Å². The number of hydrogen-bond acceptors (Lipinski definition) is 3. The average molecular weight is 360 g/mol. The second-order valence-corrected chi connectivity index (χ2v) is 6.79. The molecule has 0 saturated carbocycles. The molecule has 1 aromatic carbocycles. The number of carbonyl (C=O) groups excluding carboxylic acids is 2. The minimum atomic E-state index is -0.241. The first-order valence-electron chi connectivity index (χ1n) is 7.49. The molecule has 3 nitrogen and oxygen atoms in total. The van der Waals surface area contributed by atoms with Crippen LogP contribution in [-0.2, 0) is 9.59 Å². The van der Waals surface area contributed by atoms with Crippen molar-refractivity contribution >= 4 is 27.5 Å². The van der Waals surface area contributed by atoms with Gasteiger partial charge in [-0.2, -0.15) is 0 Å². The molecule has 1 unspecified atom stereocenters. The topological polar surface area (TPSA) is 46.2 Å². The van der Waals surface area contributed by atoms with Gasteiger partial charge in [-0.1, -0.05) is 28.1 Å². The first kappa shape index (κ1) is 15.2. The number of allylic oxidation sites excluding steroid dienone is 4. The molecule has 4 heteroatoms. The Labute approximate surface area is 138 Å². The van der Waals surface area contributed by atoms with Crippen molar-refractivity contribution in [2.24, 2.45) is 0 Å². The minimum absolute atomic E-state index is 0.0165. The number of nitrogens with one attached hydrogen (secondary N) is 1. The second kappa shape index (κ2) is 5.84. The molecule has 3 rings (SSSR count). The molecule has 0 bridgehead atoms. The first-order chi connectivity index (χ1) is 10.5. The van der Waals surface area contributed by atoms with Gasteiger partial charge >= 0.3 is 0 Å². The van der Waals surface area contributed by atoms with E-state index in [2.05, 4.69) is 21.2 Å². The fourth-order valence-corrected chi connectivity index (χ4v) is 3.70. The molecular weight excluding hydrogens is 342 g/mol. The average Bonchev–Trinajstić information content (AvgIpc) is 2.46. The van der Waals surface area contributed by atoms with E-state index < -0.39 is 0 Å². The van der Waals surface area contributed by atoms with Gasteiger partial charge < -0.3 is 5.32 Å². The normalized spacial score (nSPS) is 21.6. The highest BCUT2D eigenvalue weighted by Crippen LogP contribution is 2.42. The maximum absolute atomic E-state index is 12.5. The maximum atomic E-state index is 12.5. The summed E-state index contributed by atoms with van der Waals surface area (Å²) in [5.74, 6) is -0.0644. The minimum Gasteiger partial charge on any atom is -0.362 e. The molecule has 0 saturated heterocycles. The molecule has 22 heavy (non-hydrogen) atoms. The van der Waals surface area contributed by atoms with Crippen LogP contribution in [0.4, 0.5) is 0 Å². The summed E-state index contributed by atoms with van der Waals surface area (Å²) >= 11 is 3.44. The lowest BCUT2D eigenvalue weighted by atomic mass is 9.74. The molecule has 0 spiro atoms. The zero-order valence-corrected chi connectivity index (χ0v) is 14.3. The Morgan fingerprint density at radius 1 is 1.23 bits per heavy atom. The zero-order chi connectivity index (χ0) is 15.9. The Morgan fingerprint density at radius 2 is 1.91 bits per heavy atom. The van der Waals surface area contributed by atoms with Crippen molar-refractivity contribution in [1.82, 2.24) is 5.32 Å². The molecule has 114 valence electrons. The van der Waals surface area contributed by atoms with Gasteiger partial charge in [0, 0.05) is 39.4 Å². The highest BCUT2D eigenvalue weighted by atomic mass is 79.9. The highest BCUT2D eigenvalue weighted by molar-refractivity contribution is 9.10. The van der Waals surface area contributed by atoms with E-state index in [1.54, 1.807) is 6.92 Å². The summed E-state index contributed by atoms with van der Waals surface area (Å²) in [4.78, 5) is 24.7. The molecule has 1 aliphatic heterocycles. The molecule has 0 aromatic heterocycles. The molecule has 1 heterocycles. The Balaban J connectivity index is 2.19.